The van der Waals surface area contributed by atoms with Crippen LogP contribution in [0.3, 0.4) is 0 Å². The topological polar surface area (TPSA) is 79.4 Å². The quantitative estimate of drug-likeness (QED) is 0.682. The van der Waals surface area contributed by atoms with Crippen LogP contribution >= 0.6 is 0 Å². The zero-order chi connectivity index (χ0) is 16.5. The maximum Gasteiger partial charge on any atom is 0.236 e. The molecule has 2 rings (SSSR count). The van der Waals surface area contributed by atoms with Crippen molar-refractivity contribution in [1.29, 1.82) is 0 Å². The number of piperidine rings is 1. The highest BCUT2D eigenvalue weighted by Gasteiger charge is 2.24. The summed E-state index contributed by atoms with van der Waals surface area (Å²) in [6.07, 6.45) is 4.66. The summed E-state index contributed by atoms with van der Waals surface area (Å²) in [5.74, 6) is 0.938. The largest absolute Gasteiger partial charge is 0.385 e. The molecule has 1 aromatic heterocycles. The predicted octanol–water partition coefficient (Wildman–Crippen LogP) is 0.576. The van der Waals surface area contributed by atoms with Crippen LogP contribution in [0.1, 0.15) is 26.2 Å². The first kappa shape index (κ1) is 17.6. The van der Waals surface area contributed by atoms with Crippen molar-refractivity contribution in [3.63, 3.8) is 0 Å². The van der Waals surface area contributed by atoms with Gasteiger partial charge in [-0.3, -0.25) is 4.79 Å². The third-order valence-electron chi connectivity index (χ3n) is 4.01. The number of hydrogen-bond donors (Lipinski definition) is 2. The van der Waals surface area contributed by atoms with Crippen LogP contribution < -0.4 is 15.5 Å². The van der Waals surface area contributed by atoms with Gasteiger partial charge in [0.2, 0.25) is 5.91 Å². The van der Waals surface area contributed by atoms with E-state index in [1.54, 1.807) is 13.3 Å². The molecule has 1 aromatic rings. The molecule has 7 heteroatoms. The highest BCUT2D eigenvalue weighted by atomic mass is 16.5. The Morgan fingerprint density at radius 2 is 2.43 bits per heavy atom. The van der Waals surface area contributed by atoms with Gasteiger partial charge in [0, 0.05) is 45.6 Å². The molecule has 0 spiro atoms. The molecule has 2 N–H and O–H groups in total. The fourth-order valence-electron chi connectivity index (χ4n) is 2.79. The van der Waals surface area contributed by atoms with Gasteiger partial charge in [-0.15, -0.1) is 5.10 Å². The summed E-state index contributed by atoms with van der Waals surface area (Å²) in [6, 6.07) is 3.95. The number of nitrogens with zero attached hydrogens (tertiary/aromatic N) is 3. The van der Waals surface area contributed by atoms with E-state index in [0.717, 1.165) is 38.2 Å². The van der Waals surface area contributed by atoms with Crippen LogP contribution in [0.2, 0.25) is 0 Å². The average Bonchev–Trinajstić information content (AvgIpc) is 2.59. The first-order valence-corrected chi connectivity index (χ1v) is 8.26. The third-order valence-corrected chi connectivity index (χ3v) is 4.01. The highest BCUT2D eigenvalue weighted by molar-refractivity contribution is 5.81. The molecule has 128 valence electrons. The first-order chi connectivity index (χ1) is 11.2. The second-order valence-corrected chi connectivity index (χ2v) is 5.89. The Kier molecular flexibility index (Phi) is 7.22. The standard InChI is InChI=1S/C16H27N5O2/c1-13(16(22)17-8-5-11-23-2)19-14-6-4-10-21(12-14)15-7-3-9-18-20-15/h3,7,9,13-14,19H,4-6,8,10-12H2,1-2H3,(H,17,22). The summed E-state index contributed by atoms with van der Waals surface area (Å²) in [4.78, 5) is 14.3. The van der Waals surface area contributed by atoms with E-state index in [1.807, 2.05) is 19.1 Å². The molecule has 1 saturated heterocycles. The predicted molar refractivity (Wildman–Crippen MR) is 89.4 cm³/mol. The maximum atomic E-state index is 12.1. The van der Waals surface area contributed by atoms with E-state index in [9.17, 15) is 4.79 Å². The molecular weight excluding hydrogens is 294 g/mol. The SMILES string of the molecule is COCCCNC(=O)C(C)NC1CCCN(c2cccnn2)C1. The number of methoxy groups -OCH3 is 1. The minimum Gasteiger partial charge on any atom is -0.385 e. The Hall–Kier alpha value is -1.73. The van der Waals surface area contributed by atoms with Gasteiger partial charge in [0.05, 0.1) is 6.04 Å². The van der Waals surface area contributed by atoms with E-state index in [-0.39, 0.29) is 18.0 Å². The van der Waals surface area contributed by atoms with Crippen LogP contribution in [0, 0.1) is 0 Å². The van der Waals surface area contributed by atoms with Crippen molar-refractivity contribution < 1.29 is 9.53 Å². The lowest BCUT2D eigenvalue weighted by Gasteiger charge is -2.35. The minimum atomic E-state index is -0.204. The van der Waals surface area contributed by atoms with Crippen LogP contribution in [0.15, 0.2) is 18.3 Å². The normalized spacial score (nSPS) is 19.4. The van der Waals surface area contributed by atoms with Gasteiger partial charge < -0.3 is 20.3 Å². The number of carbonyl (C=O) groups excluding carboxylic acids is 1. The van der Waals surface area contributed by atoms with Crippen LogP contribution in [0.4, 0.5) is 5.82 Å². The molecular formula is C16H27N5O2. The lowest BCUT2D eigenvalue weighted by molar-refractivity contribution is -0.123. The lowest BCUT2D eigenvalue weighted by atomic mass is 10.0. The Bertz CT molecular complexity index is 471. The smallest absolute Gasteiger partial charge is 0.236 e. The molecule has 1 fully saturated rings. The van der Waals surface area contributed by atoms with Gasteiger partial charge in [0.1, 0.15) is 0 Å². The number of amides is 1. The van der Waals surface area contributed by atoms with Gasteiger partial charge in [0.25, 0.3) is 0 Å². The summed E-state index contributed by atoms with van der Waals surface area (Å²) in [6.45, 7) is 5.05. The zero-order valence-electron chi connectivity index (χ0n) is 14.0. The molecule has 2 atom stereocenters. The summed E-state index contributed by atoms with van der Waals surface area (Å²) >= 11 is 0. The molecule has 1 aliphatic heterocycles. The number of aromatic nitrogens is 2. The molecule has 23 heavy (non-hydrogen) atoms. The van der Waals surface area contributed by atoms with Crippen molar-refractivity contribution in [2.75, 3.05) is 38.3 Å². The average molecular weight is 321 g/mol. The molecule has 0 radical (unpaired) electrons. The van der Waals surface area contributed by atoms with E-state index in [1.165, 1.54) is 0 Å². The van der Waals surface area contributed by atoms with E-state index < -0.39 is 0 Å². The monoisotopic (exact) mass is 321 g/mol. The van der Waals surface area contributed by atoms with Gasteiger partial charge in [0.15, 0.2) is 5.82 Å². The van der Waals surface area contributed by atoms with E-state index in [0.29, 0.717) is 13.2 Å². The second kappa shape index (κ2) is 9.42. The molecule has 0 aromatic carbocycles. The van der Waals surface area contributed by atoms with Gasteiger partial charge in [-0.05, 0) is 38.3 Å². The summed E-state index contributed by atoms with van der Waals surface area (Å²) in [5, 5.41) is 14.5. The van der Waals surface area contributed by atoms with Gasteiger partial charge >= 0.3 is 0 Å². The second-order valence-electron chi connectivity index (χ2n) is 5.89. The zero-order valence-corrected chi connectivity index (χ0v) is 14.0. The molecule has 0 saturated carbocycles. The van der Waals surface area contributed by atoms with Crippen molar-refractivity contribution in [2.24, 2.45) is 0 Å². The van der Waals surface area contributed by atoms with E-state index in [2.05, 4.69) is 25.7 Å². The lowest BCUT2D eigenvalue weighted by Crippen LogP contribution is -2.53. The molecule has 2 heterocycles. The van der Waals surface area contributed by atoms with Crippen LogP contribution in [-0.2, 0) is 9.53 Å². The van der Waals surface area contributed by atoms with Crippen molar-refractivity contribution in [1.82, 2.24) is 20.8 Å². The molecule has 1 amide bonds. The molecule has 2 unspecified atom stereocenters. The Morgan fingerprint density at radius 1 is 1.57 bits per heavy atom. The van der Waals surface area contributed by atoms with Crippen molar-refractivity contribution in [3.05, 3.63) is 18.3 Å². The Morgan fingerprint density at radius 3 is 3.17 bits per heavy atom. The van der Waals surface area contributed by atoms with Crippen molar-refractivity contribution in [3.8, 4) is 0 Å². The minimum absolute atomic E-state index is 0.0396. The highest BCUT2D eigenvalue weighted by Crippen LogP contribution is 2.16. The number of rotatable bonds is 8. The molecule has 0 bridgehead atoms. The number of nitrogens with one attached hydrogen (secondary N) is 2. The van der Waals surface area contributed by atoms with Crippen LogP contribution in [0.5, 0.6) is 0 Å². The van der Waals surface area contributed by atoms with Crippen LogP contribution in [-0.4, -0.2) is 61.5 Å². The number of hydrogen-bond acceptors (Lipinski definition) is 6. The summed E-state index contributed by atoms with van der Waals surface area (Å²) < 4.78 is 4.98. The van der Waals surface area contributed by atoms with Crippen molar-refractivity contribution in [2.45, 2.75) is 38.3 Å². The Labute approximate surface area is 137 Å². The van der Waals surface area contributed by atoms with Crippen LogP contribution in [0.25, 0.3) is 0 Å². The number of carbonyl (C=O) groups is 1. The Balaban J connectivity index is 1.77. The first-order valence-electron chi connectivity index (χ1n) is 8.26. The number of ether oxygens (including phenoxy) is 1. The fourth-order valence-corrected chi connectivity index (χ4v) is 2.79. The number of anilines is 1. The fraction of sp³-hybridized carbons (Fsp3) is 0.688. The summed E-state index contributed by atoms with van der Waals surface area (Å²) in [7, 11) is 1.66. The molecule has 7 nitrogen and oxygen atoms in total. The van der Waals surface area contributed by atoms with E-state index >= 15 is 0 Å². The van der Waals surface area contributed by atoms with Gasteiger partial charge in [-0.1, -0.05) is 0 Å². The third kappa shape index (κ3) is 5.76. The summed E-state index contributed by atoms with van der Waals surface area (Å²) in [5.41, 5.74) is 0. The molecule has 1 aliphatic rings. The van der Waals surface area contributed by atoms with Gasteiger partial charge in [-0.2, -0.15) is 5.10 Å². The molecule has 0 aliphatic carbocycles. The van der Waals surface area contributed by atoms with Gasteiger partial charge in [-0.25, -0.2) is 0 Å². The van der Waals surface area contributed by atoms with E-state index in [4.69, 9.17) is 4.74 Å². The van der Waals surface area contributed by atoms with Crippen molar-refractivity contribution >= 4 is 11.7 Å². The maximum absolute atomic E-state index is 12.1.